The van der Waals surface area contributed by atoms with Crippen molar-refractivity contribution >= 4 is 15.8 Å². The third-order valence-corrected chi connectivity index (χ3v) is 9.75. The molecule has 1 N–H and O–H groups in total. The van der Waals surface area contributed by atoms with E-state index in [2.05, 4.69) is 5.32 Å². The first-order valence-electron chi connectivity index (χ1n) is 12.7. The van der Waals surface area contributed by atoms with Gasteiger partial charge in [0.05, 0.1) is 29.6 Å². The molecule has 202 valence electrons. The van der Waals surface area contributed by atoms with Crippen LogP contribution in [0.25, 0.3) is 0 Å². The van der Waals surface area contributed by atoms with Gasteiger partial charge in [0.15, 0.2) is 9.84 Å². The number of rotatable bonds is 7. The molecule has 2 fully saturated rings. The number of nitrogens with one attached hydrogen (secondary N) is 1. The smallest absolute Gasteiger partial charge is 0.314 e. The molecule has 2 aliphatic rings. The lowest BCUT2D eigenvalue weighted by molar-refractivity contribution is -0.158. The van der Waals surface area contributed by atoms with Gasteiger partial charge in [-0.2, -0.15) is 0 Å². The van der Waals surface area contributed by atoms with E-state index < -0.39 is 55.5 Å². The summed E-state index contributed by atoms with van der Waals surface area (Å²) < 4.78 is 68.7. The first-order valence-corrected chi connectivity index (χ1v) is 14.3. The van der Waals surface area contributed by atoms with Crippen LogP contribution in [0.1, 0.15) is 62.0 Å². The van der Waals surface area contributed by atoms with Crippen molar-refractivity contribution in [1.82, 2.24) is 5.32 Å². The summed E-state index contributed by atoms with van der Waals surface area (Å²) in [5, 5.41) is 1.50. The van der Waals surface area contributed by atoms with Crippen molar-refractivity contribution in [2.24, 2.45) is 5.92 Å². The number of sulfone groups is 1. The van der Waals surface area contributed by atoms with Crippen LogP contribution < -0.4 is 5.32 Å². The highest BCUT2D eigenvalue weighted by atomic mass is 32.2. The molecule has 0 radical (unpaired) electrons. The minimum atomic E-state index is -3.71. The lowest BCUT2D eigenvalue weighted by atomic mass is 9.86. The van der Waals surface area contributed by atoms with Gasteiger partial charge in [0.1, 0.15) is 17.2 Å². The molecule has 2 unspecified atom stereocenters. The van der Waals surface area contributed by atoms with Crippen LogP contribution in [0.15, 0.2) is 42.5 Å². The quantitative estimate of drug-likeness (QED) is 0.527. The largest absolute Gasteiger partial charge is 0.459 e. The second-order valence-electron chi connectivity index (χ2n) is 11.1. The van der Waals surface area contributed by atoms with Gasteiger partial charge in [-0.25, -0.2) is 17.2 Å². The molecule has 2 aromatic carbocycles. The van der Waals surface area contributed by atoms with E-state index in [4.69, 9.17) is 9.47 Å². The summed E-state index contributed by atoms with van der Waals surface area (Å²) in [6, 6.07) is 10.5. The molecule has 0 amide bonds. The number of hydrogen-bond donors (Lipinski definition) is 1. The minimum Gasteiger partial charge on any atom is -0.459 e. The number of carbonyl (C=O) groups excluding carboxylic acids is 1. The van der Waals surface area contributed by atoms with Crippen molar-refractivity contribution in [3.63, 3.8) is 0 Å². The number of halogens is 2. The molecule has 2 aliphatic heterocycles. The second kappa shape index (κ2) is 10.8. The van der Waals surface area contributed by atoms with Crippen LogP contribution in [0.2, 0.25) is 0 Å². The average molecular weight is 536 g/mol. The Bertz CT molecular complexity index is 1230. The van der Waals surface area contributed by atoms with Crippen LogP contribution >= 0.6 is 0 Å². The molecular weight excluding hydrogens is 500 g/mol. The van der Waals surface area contributed by atoms with Gasteiger partial charge in [-0.3, -0.25) is 4.79 Å². The maximum Gasteiger partial charge on any atom is 0.314 e. The van der Waals surface area contributed by atoms with Crippen molar-refractivity contribution in [1.29, 1.82) is 0 Å². The van der Waals surface area contributed by atoms with Gasteiger partial charge in [0, 0.05) is 24.1 Å². The van der Waals surface area contributed by atoms with Crippen LogP contribution in [-0.4, -0.2) is 51.0 Å². The fourth-order valence-corrected chi connectivity index (χ4v) is 7.39. The average Bonchev–Trinajstić information content (AvgIpc) is 2.77. The van der Waals surface area contributed by atoms with Crippen molar-refractivity contribution in [3.05, 3.63) is 70.8 Å². The molecule has 4 atom stereocenters. The van der Waals surface area contributed by atoms with Crippen molar-refractivity contribution in [3.8, 4) is 0 Å². The standard InChI is InChI=1S/C28H35F2NO5S/c1-17-25(37(33,34)26(14-31-17)19-8-6-5-7-9-19)12-20-11-24(30)21(13-23(20)29)22(10-18-15-35-16-18)27(32)36-28(2,3)4/h5-9,11,13,17-18,22,25-26,31H,10,12,14-16H2,1-4H3/t17-,22?,25?,26-/m0/s1. The third-order valence-electron chi connectivity index (χ3n) is 7.10. The second-order valence-corrected chi connectivity index (χ2v) is 13.5. The Kier molecular flexibility index (Phi) is 8.07. The number of hydrogen-bond acceptors (Lipinski definition) is 6. The fraction of sp³-hybridized carbons (Fsp3) is 0.536. The third kappa shape index (κ3) is 6.21. The molecular formula is C28H35F2NO5S. The lowest BCUT2D eigenvalue weighted by Crippen LogP contribution is -2.53. The molecule has 0 aromatic heterocycles. The summed E-state index contributed by atoms with van der Waals surface area (Å²) in [5.74, 6) is -3.05. The van der Waals surface area contributed by atoms with Crippen LogP contribution in [0.4, 0.5) is 8.78 Å². The molecule has 0 aliphatic carbocycles. The highest BCUT2D eigenvalue weighted by molar-refractivity contribution is 7.92. The Labute approximate surface area is 217 Å². The first kappa shape index (κ1) is 27.7. The topological polar surface area (TPSA) is 81.7 Å². The van der Waals surface area contributed by atoms with Crippen molar-refractivity contribution in [2.75, 3.05) is 19.8 Å². The molecule has 9 heteroatoms. The normalized spacial score (nSPS) is 24.8. The summed E-state index contributed by atoms with van der Waals surface area (Å²) in [6.07, 6.45) is 0.0950. The van der Waals surface area contributed by atoms with Crippen molar-refractivity contribution in [2.45, 2.75) is 68.6 Å². The highest BCUT2D eigenvalue weighted by Crippen LogP contribution is 2.36. The number of esters is 1. The number of carbonyl (C=O) groups is 1. The number of ether oxygens (including phenoxy) is 2. The molecule has 2 heterocycles. The molecule has 0 saturated carbocycles. The van der Waals surface area contributed by atoms with Gasteiger partial charge < -0.3 is 14.8 Å². The van der Waals surface area contributed by atoms with E-state index in [0.717, 1.165) is 12.1 Å². The van der Waals surface area contributed by atoms with Gasteiger partial charge in [-0.05, 0) is 63.8 Å². The van der Waals surface area contributed by atoms with Gasteiger partial charge in [0.25, 0.3) is 0 Å². The maximum atomic E-state index is 15.5. The van der Waals surface area contributed by atoms with Gasteiger partial charge in [-0.15, -0.1) is 0 Å². The Morgan fingerprint density at radius 3 is 2.41 bits per heavy atom. The summed E-state index contributed by atoms with van der Waals surface area (Å²) in [5.41, 5.74) is -0.239. The molecule has 4 rings (SSSR count). The van der Waals surface area contributed by atoms with Gasteiger partial charge >= 0.3 is 5.97 Å². The minimum absolute atomic E-state index is 0.0351. The van der Waals surface area contributed by atoms with E-state index in [1.54, 1.807) is 52.0 Å². The van der Waals surface area contributed by atoms with Crippen LogP contribution in [-0.2, 0) is 30.5 Å². The molecule has 0 spiro atoms. The fourth-order valence-electron chi connectivity index (χ4n) is 5.02. The van der Waals surface area contributed by atoms with Crippen LogP contribution in [0, 0.1) is 17.6 Å². The molecule has 2 aromatic rings. The summed E-state index contributed by atoms with van der Waals surface area (Å²) in [7, 11) is -3.71. The Morgan fingerprint density at radius 1 is 1.14 bits per heavy atom. The van der Waals surface area contributed by atoms with E-state index in [1.165, 1.54) is 0 Å². The SMILES string of the molecule is C[C@@H]1NC[C@@H](c2ccccc2)S(=O)(=O)C1Cc1cc(F)c(C(CC2COC2)C(=O)OC(C)(C)C)cc1F. The number of benzene rings is 2. The zero-order chi connectivity index (χ0) is 27.0. The zero-order valence-electron chi connectivity index (χ0n) is 21.7. The Hall–Kier alpha value is -2.36. The lowest BCUT2D eigenvalue weighted by Gasteiger charge is -2.35. The molecule has 37 heavy (non-hydrogen) atoms. The van der Waals surface area contributed by atoms with Gasteiger partial charge in [-0.1, -0.05) is 30.3 Å². The summed E-state index contributed by atoms with van der Waals surface area (Å²) in [6.45, 7) is 8.06. The zero-order valence-corrected chi connectivity index (χ0v) is 22.5. The molecule has 6 nitrogen and oxygen atoms in total. The summed E-state index contributed by atoms with van der Waals surface area (Å²) >= 11 is 0. The monoisotopic (exact) mass is 535 g/mol. The van der Waals surface area contributed by atoms with Crippen LogP contribution in [0.5, 0.6) is 0 Å². The Morgan fingerprint density at radius 2 is 1.81 bits per heavy atom. The van der Waals surface area contributed by atoms with E-state index in [0.29, 0.717) is 18.8 Å². The van der Waals surface area contributed by atoms with E-state index in [-0.39, 0.29) is 36.4 Å². The summed E-state index contributed by atoms with van der Waals surface area (Å²) in [4.78, 5) is 13.0. The van der Waals surface area contributed by atoms with E-state index in [1.807, 2.05) is 6.07 Å². The molecule has 0 bridgehead atoms. The van der Waals surface area contributed by atoms with Crippen LogP contribution in [0.3, 0.4) is 0 Å². The predicted molar refractivity (Wildman–Crippen MR) is 137 cm³/mol. The van der Waals surface area contributed by atoms with Crippen molar-refractivity contribution < 1.29 is 31.5 Å². The predicted octanol–water partition coefficient (Wildman–Crippen LogP) is 4.49. The Balaban J connectivity index is 1.62. The molecule has 2 saturated heterocycles. The van der Waals surface area contributed by atoms with Gasteiger partial charge in [0.2, 0.25) is 0 Å². The van der Waals surface area contributed by atoms with E-state index in [9.17, 15) is 13.2 Å². The van der Waals surface area contributed by atoms with E-state index >= 15 is 8.78 Å². The maximum absolute atomic E-state index is 15.5. The first-order chi connectivity index (χ1) is 17.4. The highest BCUT2D eigenvalue weighted by Gasteiger charge is 2.43.